The van der Waals surface area contributed by atoms with Crippen molar-refractivity contribution in [2.75, 3.05) is 19.7 Å². The highest BCUT2D eigenvalue weighted by Gasteiger charge is 2.25. The standard InChI is InChI=1S/C12H18N4O3/c17-11-7-13-9(6-14-11)12-15-10(16-19-12)5-8-3-1-2-4-18-8/h8-9,13H,1-7H2,(H,14,17). The van der Waals surface area contributed by atoms with Crippen molar-refractivity contribution in [3.8, 4) is 0 Å². The molecule has 104 valence electrons. The lowest BCUT2D eigenvalue weighted by molar-refractivity contribution is -0.121. The quantitative estimate of drug-likeness (QED) is 0.797. The molecule has 0 radical (unpaired) electrons. The Hall–Kier alpha value is -1.47. The van der Waals surface area contributed by atoms with Crippen molar-refractivity contribution in [2.45, 2.75) is 37.8 Å². The molecule has 0 aliphatic carbocycles. The number of nitrogens with one attached hydrogen (secondary N) is 2. The van der Waals surface area contributed by atoms with Gasteiger partial charge < -0.3 is 14.6 Å². The fraction of sp³-hybridized carbons (Fsp3) is 0.750. The Morgan fingerprint density at radius 1 is 1.37 bits per heavy atom. The smallest absolute Gasteiger partial charge is 0.245 e. The van der Waals surface area contributed by atoms with Gasteiger partial charge in [-0.3, -0.25) is 10.1 Å². The van der Waals surface area contributed by atoms with Crippen molar-refractivity contribution in [3.63, 3.8) is 0 Å². The third-order valence-corrected chi connectivity index (χ3v) is 3.48. The second-order valence-corrected chi connectivity index (χ2v) is 4.98. The lowest BCUT2D eigenvalue weighted by atomic mass is 10.1. The molecule has 2 saturated heterocycles. The van der Waals surface area contributed by atoms with E-state index in [2.05, 4.69) is 20.8 Å². The van der Waals surface area contributed by atoms with Crippen LogP contribution in [0, 0.1) is 0 Å². The Labute approximate surface area is 111 Å². The van der Waals surface area contributed by atoms with Crippen molar-refractivity contribution in [3.05, 3.63) is 11.7 Å². The number of piperazine rings is 1. The van der Waals surface area contributed by atoms with Crippen LogP contribution in [-0.2, 0) is 16.0 Å². The molecule has 7 nitrogen and oxygen atoms in total. The molecule has 1 aromatic rings. The molecule has 3 heterocycles. The molecule has 3 rings (SSSR count). The van der Waals surface area contributed by atoms with Gasteiger partial charge in [-0.05, 0) is 19.3 Å². The summed E-state index contributed by atoms with van der Waals surface area (Å²) in [6.07, 6.45) is 4.30. The van der Waals surface area contributed by atoms with Crippen LogP contribution in [0.15, 0.2) is 4.52 Å². The molecule has 2 unspecified atom stereocenters. The van der Waals surface area contributed by atoms with Crippen LogP contribution in [0.4, 0.5) is 0 Å². The van der Waals surface area contributed by atoms with Crippen LogP contribution in [0.3, 0.4) is 0 Å². The van der Waals surface area contributed by atoms with Crippen molar-refractivity contribution >= 4 is 5.91 Å². The maximum absolute atomic E-state index is 11.1. The number of aromatic nitrogens is 2. The Bertz CT molecular complexity index is 432. The van der Waals surface area contributed by atoms with Crippen LogP contribution in [0.1, 0.15) is 37.0 Å². The van der Waals surface area contributed by atoms with Gasteiger partial charge in [0.25, 0.3) is 0 Å². The number of hydrogen-bond acceptors (Lipinski definition) is 6. The first kappa shape index (κ1) is 12.6. The minimum absolute atomic E-state index is 0.00778. The number of nitrogens with zero attached hydrogens (tertiary/aromatic N) is 2. The minimum Gasteiger partial charge on any atom is -0.378 e. The zero-order valence-electron chi connectivity index (χ0n) is 10.7. The lowest BCUT2D eigenvalue weighted by Crippen LogP contribution is -2.47. The van der Waals surface area contributed by atoms with E-state index in [0.717, 1.165) is 19.4 Å². The molecule has 2 fully saturated rings. The number of rotatable bonds is 3. The molecule has 19 heavy (non-hydrogen) atoms. The zero-order valence-corrected chi connectivity index (χ0v) is 10.7. The number of carbonyl (C=O) groups excluding carboxylic acids is 1. The van der Waals surface area contributed by atoms with Crippen LogP contribution in [-0.4, -0.2) is 41.8 Å². The van der Waals surface area contributed by atoms with Gasteiger partial charge in [-0.15, -0.1) is 0 Å². The molecule has 2 atom stereocenters. The van der Waals surface area contributed by atoms with E-state index < -0.39 is 0 Å². The van der Waals surface area contributed by atoms with Gasteiger partial charge in [0.15, 0.2) is 5.82 Å². The molecule has 1 amide bonds. The van der Waals surface area contributed by atoms with Gasteiger partial charge in [-0.1, -0.05) is 5.16 Å². The predicted octanol–water partition coefficient (Wildman–Crippen LogP) is -0.0583. The predicted molar refractivity (Wildman–Crippen MR) is 65.3 cm³/mol. The SMILES string of the molecule is O=C1CNC(c2nc(CC3CCCCO3)no2)CN1. The van der Waals surface area contributed by atoms with Crippen LogP contribution in [0.5, 0.6) is 0 Å². The molecule has 7 heteroatoms. The van der Waals surface area contributed by atoms with Gasteiger partial charge >= 0.3 is 0 Å². The summed E-state index contributed by atoms with van der Waals surface area (Å²) in [5, 5.41) is 9.82. The summed E-state index contributed by atoms with van der Waals surface area (Å²) in [7, 11) is 0. The lowest BCUT2D eigenvalue weighted by Gasteiger charge is -2.21. The van der Waals surface area contributed by atoms with E-state index in [9.17, 15) is 4.79 Å². The van der Waals surface area contributed by atoms with Crippen LogP contribution < -0.4 is 10.6 Å². The second-order valence-electron chi connectivity index (χ2n) is 4.98. The fourth-order valence-electron chi connectivity index (χ4n) is 2.41. The maximum atomic E-state index is 11.1. The summed E-state index contributed by atoms with van der Waals surface area (Å²) in [6.45, 7) is 1.60. The third-order valence-electron chi connectivity index (χ3n) is 3.48. The van der Waals surface area contributed by atoms with E-state index in [1.54, 1.807) is 0 Å². The molecule has 2 aliphatic heterocycles. The molecule has 0 saturated carbocycles. The van der Waals surface area contributed by atoms with E-state index in [1.807, 2.05) is 0 Å². The van der Waals surface area contributed by atoms with Gasteiger partial charge in [-0.25, -0.2) is 0 Å². The first-order valence-electron chi connectivity index (χ1n) is 6.75. The molecule has 0 spiro atoms. The van der Waals surface area contributed by atoms with E-state index in [4.69, 9.17) is 9.26 Å². The van der Waals surface area contributed by atoms with Crippen LogP contribution in [0.25, 0.3) is 0 Å². The number of hydrogen-bond donors (Lipinski definition) is 2. The number of ether oxygens (including phenoxy) is 1. The van der Waals surface area contributed by atoms with E-state index in [0.29, 0.717) is 24.7 Å². The van der Waals surface area contributed by atoms with Gasteiger partial charge in [0.2, 0.25) is 11.8 Å². The minimum atomic E-state index is -0.0915. The normalized spacial score (nSPS) is 28.1. The van der Waals surface area contributed by atoms with Crippen LogP contribution >= 0.6 is 0 Å². The molecule has 1 aromatic heterocycles. The first-order valence-corrected chi connectivity index (χ1v) is 6.75. The zero-order chi connectivity index (χ0) is 13.1. The van der Waals surface area contributed by atoms with E-state index in [-0.39, 0.29) is 24.6 Å². The average molecular weight is 266 g/mol. The molecule has 2 aliphatic rings. The van der Waals surface area contributed by atoms with Gasteiger partial charge in [-0.2, -0.15) is 4.98 Å². The molecule has 0 aromatic carbocycles. The highest BCUT2D eigenvalue weighted by atomic mass is 16.5. The number of amides is 1. The Morgan fingerprint density at radius 3 is 3.05 bits per heavy atom. The second kappa shape index (κ2) is 5.66. The van der Waals surface area contributed by atoms with E-state index >= 15 is 0 Å². The van der Waals surface area contributed by atoms with Crippen molar-refractivity contribution < 1.29 is 14.1 Å². The highest BCUT2D eigenvalue weighted by Crippen LogP contribution is 2.17. The highest BCUT2D eigenvalue weighted by molar-refractivity contribution is 5.78. The monoisotopic (exact) mass is 266 g/mol. The van der Waals surface area contributed by atoms with E-state index in [1.165, 1.54) is 6.42 Å². The fourth-order valence-corrected chi connectivity index (χ4v) is 2.41. The summed E-state index contributed by atoms with van der Waals surface area (Å²) < 4.78 is 10.9. The van der Waals surface area contributed by atoms with Crippen molar-refractivity contribution in [1.29, 1.82) is 0 Å². The number of carbonyl (C=O) groups is 1. The Balaban J connectivity index is 1.58. The first-order chi connectivity index (χ1) is 9.31. The topological polar surface area (TPSA) is 89.3 Å². The Kier molecular flexibility index (Phi) is 3.74. The largest absolute Gasteiger partial charge is 0.378 e. The molecule has 2 N–H and O–H groups in total. The molecular weight excluding hydrogens is 248 g/mol. The van der Waals surface area contributed by atoms with Gasteiger partial charge in [0.1, 0.15) is 6.04 Å². The van der Waals surface area contributed by atoms with Crippen molar-refractivity contribution in [2.24, 2.45) is 0 Å². The summed E-state index contributed by atoms with van der Waals surface area (Å²) in [4.78, 5) is 15.4. The van der Waals surface area contributed by atoms with Crippen molar-refractivity contribution in [1.82, 2.24) is 20.8 Å². The summed E-state index contributed by atoms with van der Waals surface area (Å²) in [5.74, 6) is 1.21. The summed E-state index contributed by atoms with van der Waals surface area (Å²) >= 11 is 0. The summed E-state index contributed by atoms with van der Waals surface area (Å²) in [5.41, 5.74) is 0. The maximum Gasteiger partial charge on any atom is 0.245 e. The third kappa shape index (κ3) is 3.10. The van der Waals surface area contributed by atoms with Crippen LogP contribution in [0.2, 0.25) is 0 Å². The summed E-state index contributed by atoms with van der Waals surface area (Å²) in [6, 6.07) is -0.0915. The Morgan fingerprint density at radius 2 is 2.32 bits per heavy atom. The average Bonchev–Trinajstić information content (AvgIpc) is 2.89. The molecular formula is C12H18N4O3. The van der Waals surface area contributed by atoms with Gasteiger partial charge in [0.05, 0.1) is 12.6 Å². The van der Waals surface area contributed by atoms with Gasteiger partial charge in [0, 0.05) is 19.6 Å². The molecule has 0 bridgehead atoms.